The highest BCUT2D eigenvalue weighted by Crippen LogP contribution is 2.31. The fourth-order valence-electron chi connectivity index (χ4n) is 2.50. The first-order valence-corrected chi connectivity index (χ1v) is 6.94. The second-order valence-electron chi connectivity index (χ2n) is 4.93. The first kappa shape index (κ1) is 13.5. The van der Waals surface area contributed by atoms with Crippen molar-refractivity contribution in [3.05, 3.63) is 59.7 Å². The largest absolute Gasteiger partial charge is 0.497 e. The van der Waals surface area contributed by atoms with Crippen LogP contribution in [0.15, 0.2) is 48.5 Å². The highest BCUT2D eigenvalue weighted by molar-refractivity contribution is 5.94. The molecule has 0 saturated heterocycles. The first-order valence-electron chi connectivity index (χ1n) is 6.94. The van der Waals surface area contributed by atoms with Crippen molar-refractivity contribution >= 4 is 5.91 Å². The van der Waals surface area contributed by atoms with Crippen molar-refractivity contribution in [3.8, 4) is 11.5 Å². The molecule has 1 atom stereocenters. The number of ether oxygens (including phenoxy) is 2. The Morgan fingerprint density at radius 2 is 2.10 bits per heavy atom. The van der Waals surface area contributed by atoms with E-state index >= 15 is 0 Å². The minimum atomic E-state index is -0.101. The zero-order valence-corrected chi connectivity index (χ0v) is 11.8. The molecule has 1 aliphatic rings. The normalized spacial score (nSPS) is 16.5. The number of benzene rings is 2. The Hall–Kier alpha value is -2.49. The van der Waals surface area contributed by atoms with Crippen molar-refractivity contribution < 1.29 is 14.3 Å². The van der Waals surface area contributed by atoms with E-state index in [2.05, 4.69) is 5.32 Å². The molecule has 1 amide bonds. The lowest BCUT2D eigenvalue weighted by Gasteiger charge is -2.26. The smallest absolute Gasteiger partial charge is 0.251 e. The van der Waals surface area contributed by atoms with Crippen LogP contribution in [0.5, 0.6) is 11.5 Å². The van der Waals surface area contributed by atoms with Gasteiger partial charge in [0.05, 0.1) is 19.8 Å². The van der Waals surface area contributed by atoms with Crippen LogP contribution in [-0.4, -0.2) is 19.6 Å². The number of amides is 1. The summed E-state index contributed by atoms with van der Waals surface area (Å²) in [6.45, 7) is 0.611. The van der Waals surface area contributed by atoms with Gasteiger partial charge in [0, 0.05) is 17.5 Å². The van der Waals surface area contributed by atoms with Gasteiger partial charge in [-0.2, -0.15) is 0 Å². The van der Waals surface area contributed by atoms with Crippen molar-refractivity contribution in [2.24, 2.45) is 0 Å². The molecule has 1 heterocycles. The van der Waals surface area contributed by atoms with Crippen LogP contribution in [0.2, 0.25) is 0 Å². The third-order valence-corrected chi connectivity index (χ3v) is 3.60. The molecule has 0 saturated carbocycles. The van der Waals surface area contributed by atoms with Gasteiger partial charge in [0.25, 0.3) is 5.91 Å². The van der Waals surface area contributed by atoms with E-state index in [1.807, 2.05) is 36.4 Å². The molecule has 0 fully saturated rings. The summed E-state index contributed by atoms with van der Waals surface area (Å²) < 4.78 is 10.8. The number of nitrogens with one attached hydrogen (secondary N) is 1. The van der Waals surface area contributed by atoms with E-state index in [1.165, 1.54) is 0 Å². The number of carbonyl (C=O) groups is 1. The molecule has 21 heavy (non-hydrogen) atoms. The van der Waals surface area contributed by atoms with Crippen LogP contribution in [0.25, 0.3) is 0 Å². The van der Waals surface area contributed by atoms with E-state index < -0.39 is 0 Å². The van der Waals surface area contributed by atoms with Gasteiger partial charge in [-0.15, -0.1) is 0 Å². The summed E-state index contributed by atoms with van der Waals surface area (Å²) in [6.07, 6.45) is 0.771. The minimum absolute atomic E-state index is 0.0198. The van der Waals surface area contributed by atoms with Gasteiger partial charge in [0.1, 0.15) is 11.5 Å². The van der Waals surface area contributed by atoms with Crippen LogP contribution >= 0.6 is 0 Å². The SMILES string of the molecule is COc1cccc(C(=O)N[C@@H]2CCOc3ccccc32)c1. The van der Waals surface area contributed by atoms with Gasteiger partial charge < -0.3 is 14.8 Å². The first-order chi connectivity index (χ1) is 10.3. The molecular formula is C17H17NO3. The molecule has 0 aliphatic carbocycles. The van der Waals surface area contributed by atoms with E-state index in [4.69, 9.17) is 9.47 Å². The Kier molecular flexibility index (Phi) is 3.77. The van der Waals surface area contributed by atoms with Crippen molar-refractivity contribution in [2.45, 2.75) is 12.5 Å². The maximum absolute atomic E-state index is 12.4. The van der Waals surface area contributed by atoms with Gasteiger partial charge in [-0.1, -0.05) is 24.3 Å². The van der Waals surface area contributed by atoms with E-state index in [0.717, 1.165) is 17.7 Å². The molecule has 0 aromatic heterocycles. The zero-order valence-electron chi connectivity index (χ0n) is 11.8. The van der Waals surface area contributed by atoms with Crippen molar-refractivity contribution in [1.82, 2.24) is 5.32 Å². The molecule has 2 aromatic carbocycles. The highest BCUT2D eigenvalue weighted by atomic mass is 16.5. The predicted octanol–water partition coefficient (Wildman–Crippen LogP) is 2.95. The molecule has 0 unspecified atom stereocenters. The molecule has 2 aromatic rings. The molecule has 4 heteroatoms. The Morgan fingerprint density at radius 3 is 2.95 bits per heavy atom. The second-order valence-corrected chi connectivity index (χ2v) is 4.93. The molecule has 108 valence electrons. The van der Waals surface area contributed by atoms with E-state index in [9.17, 15) is 4.79 Å². The number of fused-ring (bicyclic) bond motifs is 1. The van der Waals surface area contributed by atoms with Crippen molar-refractivity contribution in [2.75, 3.05) is 13.7 Å². The van der Waals surface area contributed by atoms with Gasteiger partial charge in [0.15, 0.2) is 0 Å². The molecule has 0 radical (unpaired) electrons. The molecule has 1 aliphatic heterocycles. The van der Waals surface area contributed by atoms with Crippen LogP contribution in [0.3, 0.4) is 0 Å². The Bertz CT molecular complexity index is 654. The zero-order chi connectivity index (χ0) is 14.7. The predicted molar refractivity (Wildman–Crippen MR) is 79.8 cm³/mol. The number of hydrogen-bond acceptors (Lipinski definition) is 3. The summed E-state index contributed by atoms with van der Waals surface area (Å²) >= 11 is 0. The number of methoxy groups -OCH3 is 1. The van der Waals surface area contributed by atoms with Gasteiger partial charge in [0.2, 0.25) is 0 Å². The Balaban J connectivity index is 1.79. The Labute approximate surface area is 123 Å². The summed E-state index contributed by atoms with van der Waals surface area (Å²) in [5.74, 6) is 1.42. The fraction of sp³-hybridized carbons (Fsp3) is 0.235. The van der Waals surface area contributed by atoms with Crippen molar-refractivity contribution in [1.29, 1.82) is 0 Å². The maximum Gasteiger partial charge on any atom is 0.251 e. The fourth-order valence-corrected chi connectivity index (χ4v) is 2.50. The third-order valence-electron chi connectivity index (χ3n) is 3.60. The lowest BCUT2D eigenvalue weighted by Crippen LogP contribution is -2.32. The molecule has 0 spiro atoms. The van der Waals surface area contributed by atoms with Gasteiger partial charge in [-0.05, 0) is 24.3 Å². The average molecular weight is 283 g/mol. The number of para-hydroxylation sites is 1. The lowest BCUT2D eigenvalue weighted by atomic mass is 10.00. The lowest BCUT2D eigenvalue weighted by molar-refractivity contribution is 0.0924. The summed E-state index contributed by atoms with van der Waals surface area (Å²) in [4.78, 5) is 12.4. The average Bonchev–Trinajstić information content (AvgIpc) is 2.55. The van der Waals surface area contributed by atoms with Crippen LogP contribution < -0.4 is 14.8 Å². The highest BCUT2D eigenvalue weighted by Gasteiger charge is 2.23. The van der Waals surface area contributed by atoms with Crippen LogP contribution in [-0.2, 0) is 0 Å². The molecule has 3 rings (SSSR count). The van der Waals surface area contributed by atoms with Crippen LogP contribution in [0.1, 0.15) is 28.4 Å². The molecule has 1 N–H and O–H groups in total. The standard InChI is InChI=1S/C17H17NO3/c1-20-13-6-4-5-12(11-13)17(19)18-15-9-10-21-16-8-3-2-7-14(15)16/h2-8,11,15H,9-10H2,1H3,(H,18,19)/t15-/m1/s1. The topological polar surface area (TPSA) is 47.6 Å². The quantitative estimate of drug-likeness (QED) is 0.942. The molecule has 4 nitrogen and oxygen atoms in total. The van der Waals surface area contributed by atoms with Crippen LogP contribution in [0, 0.1) is 0 Å². The monoisotopic (exact) mass is 283 g/mol. The molecule has 0 bridgehead atoms. The van der Waals surface area contributed by atoms with E-state index in [-0.39, 0.29) is 11.9 Å². The summed E-state index contributed by atoms with van der Waals surface area (Å²) in [6, 6.07) is 14.9. The molecular weight excluding hydrogens is 266 g/mol. The van der Waals surface area contributed by atoms with E-state index in [0.29, 0.717) is 17.9 Å². The van der Waals surface area contributed by atoms with Gasteiger partial charge in [-0.25, -0.2) is 0 Å². The summed E-state index contributed by atoms with van der Waals surface area (Å²) in [7, 11) is 1.59. The maximum atomic E-state index is 12.4. The summed E-state index contributed by atoms with van der Waals surface area (Å²) in [5.41, 5.74) is 1.62. The second kappa shape index (κ2) is 5.87. The van der Waals surface area contributed by atoms with Gasteiger partial charge >= 0.3 is 0 Å². The summed E-state index contributed by atoms with van der Waals surface area (Å²) in [5, 5.41) is 3.07. The number of carbonyl (C=O) groups excluding carboxylic acids is 1. The third kappa shape index (κ3) is 2.84. The van der Waals surface area contributed by atoms with Crippen LogP contribution in [0.4, 0.5) is 0 Å². The number of rotatable bonds is 3. The Morgan fingerprint density at radius 1 is 1.24 bits per heavy atom. The number of hydrogen-bond donors (Lipinski definition) is 1. The van der Waals surface area contributed by atoms with Gasteiger partial charge in [-0.3, -0.25) is 4.79 Å². The van der Waals surface area contributed by atoms with E-state index in [1.54, 1.807) is 19.2 Å². The minimum Gasteiger partial charge on any atom is -0.497 e. The van der Waals surface area contributed by atoms with Crippen molar-refractivity contribution in [3.63, 3.8) is 0 Å².